The van der Waals surface area contributed by atoms with Crippen molar-refractivity contribution in [3.8, 4) is 0 Å². The van der Waals surface area contributed by atoms with Crippen LogP contribution in [-0.4, -0.2) is 14.7 Å². The molecule has 0 fully saturated rings. The van der Waals surface area contributed by atoms with Crippen molar-refractivity contribution in [2.75, 3.05) is 6.26 Å². The highest BCUT2D eigenvalue weighted by atomic mass is 35.5. The molecule has 0 atom stereocenters. The van der Waals surface area contributed by atoms with E-state index < -0.39 is 9.84 Å². The van der Waals surface area contributed by atoms with Crippen molar-refractivity contribution < 1.29 is 8.42 Å². The molecule has 0 amide bonds. The highest BCUT2D eigenvalue weighted by Crippen LogP contribution is 2.36. The van der Waals surface area contributed by atoms with Crippen LogP contribution in [0.5, 0.6) is 0 Å². The third-order valence-electron chi connectivity index (χ3n) is 2.95. The Morgan fingerprint density at radius 2 is 1.59 bits per heavy atom. The maximum atomic E-state index is 11.8. The standard InChI is InChI=1S/C15H10Cl4O2S/c1-22(20,21)13-8-9(6-7-12(13)17)14(15(18)19)10-4-2-3-5-11(10)16/h2-8H,1H3. The Labute approximate surface area is 149 Å². The lowest BCUT2D eigenvalue weighted by Crippen LogP contribution is -2.00. The van der Waals surface area contributed by atoms with Crippen molar-refractivity contribution in [3.63, 3.8) is 0 Å². The maximum absolute atomic E-state index is 11.8. The normalized spacial score (nSPS) is 11.3. The van der Waals surface area contributed by atoms with E-state index in [-0.39, 0.29) is 14.4 Å². The number of hydrogen-bond acceptors (Lipinski definition) is 2. The van der Waals surface area contributed by atoms with Crippen LogP contribution in [-0.2, 0) is 9.84 Å². The van der Waals surface area contributed by atoms with Crippen LogP contribution in [0.15, 0.2) is 51.9 Å². The van der Waals surface area contributed by atoms with Crippen LogP contribution >= 0.6 is 46.4 Å². The van der Waals surface area contributed by atoms with Gasteiger partial charge in [-0.15, -0.1) is 0 Å². The molecule has 0 spiro atoms. The van der Waals surface area contributed by atoms with Gasteiger partial charge < -0.3 is 0 Å². The molecule has 2 aromatic rings. The molecule has 0 aliphatic carbocycles. The van der Waals surface area contributed by atoms with Gasteiger partial charge in [0.2, 0.25) is 0 Å². The molecule has 0 aliphatic heterocycles. The zero-order valence-electron chi connectivity index (χ0n) is 11.3. The molecule has 0 bridgehead atoms. The van der Waals surface area contributed by atoms with E-state index in [2.05, 4.69) is 0 Å². The minimum Gasteiger partial charge on any atom is -0.224 e. The highest BCUT2D eigenvalue weighted by Gasteiger charge is 2.18. The van der Waals surface area contributed by atoms with E-state index in [0.717, 1.165) is 6.26 Å². The second-order valence-electron chi connectivity index (χ2n) is 4.53. The molecule has 7 heteroatoms. The third kappa shape index (κ3) is 3.79. The molecule has 116 valence electrons. The molecule has 2 nitrogen and oxygen atoms in total. The number of hydrogen-bond donors (Lipinski definition) is 0. The summed E-state index contributed by atoms with van der Waals surface area (Å²) < 4.78 is 23.6. The van der Waals surface area contributed by atoms with Crippen molar-refractivity contribution >= 4 is 61.8 Å². The average Bonchev–Trinajstić information content (AvgIpc) is 2.41. The van der Waals surface area contributed by atoms with E-state index in [0.29, 0.717) is 21.7 Å². The molecule has 22 heavy (non-hydrogen) atoms. The molecule has 0 unspecified atom stereocenters. The molecule has 2 rings (SSSR count). The molecule has 0 N–H and O–H groups in total. The van der Waals surface area contributed by atoms with Crippen molar-refractivity contribution in [2.24, 2.45) is 0 Å². The van der Waals surface area contributed by atoms with E-state index in [1.54, 1.807) is 30.3 Å². The Morgan fingerprint density at radius 1 is 0.955 bits per heavy atom. The SMILES string of the molecule is CS(=O)(=O)c1cc(C(=C(Cl)Cl)c2ccccc2Cl)ccc1Cl. The lowest BCUT2D eigenvalue weighted by Gasteiger charge is -2.12. The number of sulfone groups is 1. The third-order valence-corrected chi connectivity index (χ3v) is 5.24. The van der Waals surface area contributed by atoms with Crippen LogP contribution in [0.4, 0.5) is 0 Å². The summed E-state index contributed by atoms with van der Waals surface area (Å²) in [6, 6.07) is 11.6. The zero-order valence-corrected chi connectivity index (χ0v) is 15.1. The minimum atomic E-state index is -3.48. The predicted molar refractivity (Wildman–Crippen MR) is 93.7 cm³/mol. The van der Waals surface area contributed by atoms with Crippen LogP contribution < -0.4 is 0 Å². The van der Waals surface area contributed by atoms with Crippen LogP contribution in [0.1, 0.15) is 11.1 Å². The average molecular weight is 396 g/mol. The van der Waals surface area contributed by atoms with Crippen LogP contribution in [0.25, 0.3) is 5.57 Å². The van der Waals surface area contributed by atoms with Crippen molar-refractivity contribution in [3.05, 3.63) is 68.1 Å². The van der Waals surface area contributed by atoms with Crippen molar-refractivity contribution in [2.45, 2.75) is 4.90 Å². The first-order valence-electron chi connectivity index (χ1n) is 6.02. The molecule has 0 radical (unpaired) electrons. The summed E-state index contributed by atoms with van der Waals surface area (Å²) in [5.74, 6) is 0. The first kappa shape index (κ1) is 17.6. The zero-order chi connectivity index (χ0) is 16.5. The number of rotatable bonds is 3. The Bertz CT molecular complexity index is 854. The fraction of sp³-hybridized carbons (Fsp3) is 0.0667. The second kappa shape index (κ2) is 6.81. The Hall–Kier alpha value is -0.710. The lowest BCUT2D eigenvalue weighted by molar-refractivity contribution is 0.602. The van der Waals surface area contributed by atoms with E-state index in [9.17, 15) is 8.42 Å². The number of benzene rings is 2. The van der Waals surface area contributed by atoms with Gasteiger partial charge in [-0.1, -0.05) is 70.7 Å². The lowest BCUT2D eigenvalue weighted by atomic mass is 9.99. The van der Waals surface area contributed by atoms with Gasteiger partial charge in [0.05, 0.1) is 9.92 Å². The van der Waals surface area contributed by atoms with Gasteiger partial charge in [0.25, 0.3) is 0 Å². The summed E-state index contributed by atoms with van der Waals surface area (Å²) in [6.45, 7) is 0. The van der Waals surface area contributed by atoms with E-state index in [1.165, 1.54) is 12.1 Å². The molecule has 0 aliphatic rings. The highest BCUT2D eigenvalue weighted by molar-refractivity contribution is 7.90. The van der Waals surface area contributed by atoms with Crippen LogP contribution in [0, 0.1) is 0 Å². The molecule has 0 saturated heterocycles. The van der Waals surface area contributed by atoms with Crippen molar-refractivity contribution in [1.29, 1.82) is 0 Å². The fourth-order valence-electron chi connectivity index (χ4n) is 1.97. The van der Waals surface area contributed by atoms with Gasteiger partial charge in [0, 0.05) is 22.4 Å². The molecular weight excluding hydrogens is 386 g/mol. The van der Waals surface area contributed by atoms with Crippen molar-refractivity contribution in [1.82, 2.24) is 0 Å². The van der Waals surface area contributed by atoms with Gasteiger partial charge in [-0.25, -0.2) is 8.42 Å². The van der Waals surface area contributed by atoms with Gasteiger partial charge in [-0.05, 0) is 23.8 Å². The first-order valence-corrected chi connectivity index (χ1v) is 9.42. The monoisotopic (exact) mass is 394 g/mol. The minimum absolute atomic E-state index is 0.00537. The Balaban J connectivity index is 2.73. The first-order chi connectivity index (χ1) is 10.2. The largest absolute Gasteiger partial charge is 0.224 e. The van der Waals surface area contributed by atoms with E-state index >= 15 is 0 Å². The molecule has 0 saturated carbocycles. The number of halogens is 4. The summed E-state index contributed by atoms with van der Waals surface area (Å²) in [7, 11) is -3.48. The van der Waals surface area contributed by atoms with Gasteiger partial charge in [0.1, 0.15) is 4.49 Å². The van der Waals surface area contributed by atoms with Gasteiger partial charge in [-0.3, -0.25) is 0 Å². The molecule has 2 aromatic carbocycles. The van der Waals surface area contributed by atoms with Crippen LogP contribution in [0.3, 0.4) is 0 Å². The van der Waals surface area contributed by atoms with Gasteiger partial charge in [0.15, 0.2) is 9.84 Å². The maximum Gasteiger partial charge on any atom is 0.177 e. The molecular formula is C15H10Cl4O2S. The molecule has 0 heterocycles. The Morgan fingerprint density at radius 3 is 2.14 bits per heavy atom. The second-order valence-corrected chi connectivity index (χ2v) is 8.28. The molecule has 0 aromatic heterocycles. The van der Waals surface area contributed by atoms with Gasteiger partial charge >= 0.3 is 0 Å². The summed E-state index contributed by atoms with van der Waals surface area (Å²) in [4.78, 5) is 0.00537. The smallest absolute Gasteiger partial charge is 0.177 e. The fourth-order valence-corrected chi connectivity index (χ4v) is 3.93. The van der Waals surface area contributed by atoms with E-state index in [4.69, 9.17) is 46.4 Å². The van der Waals surface area contributed by atoms with Gasteiger partial charge in [-0.2, -0.15) is 0 Å². The Kier molecular flexibility index (Phi) is 5.46. The quantitative estimate of drug-likeness (QED) is 0.678. The van der Waals surface area contributed by atoms with Crippen LogP contribution in [0.2, 0.25) is 10.0 Å². The summed E-state index contributed by atoms with van der Waals surface area (Å²) in [6.07, 6.45) is 1.08. The van der Waals surface area contributed by atoms with E-state index in [1.807, 2.05) is 0 Å². The summed E-state index contributed by atoms with van der Waals surface area (Å²) in [5, 5.41) is 0.586. The topological polar surface area (TPSA) is 34.1 Å². The summed E-state index contributed by atoms with van der Waals surface area (Å²) >= 11 is 24.1. The summed E-state index contributed by atoms with van der Waals surface area (Å²) in [5.41, 5.74) is 1.55. The predicted octanol–water partition coefficient (Wildman–Crippen LogP) is 5.59.